The topological polar surface area (TPSA) is 57.9 Å². The van der Waals surface area contributed by atoms with Crippen LogP contribution in [0.25, 0.3) is 0 Å². The fraction of sp³-hybridized carbons (Fsp3) is 0.462. The summed E-state index contributed by atoms with van der Waals surface area (Å²) < 4.78 is 36.6. The van der Waals surface area contributed by atoms with E-state index in [2.05, 4.69) is 0 Å². The van der Waals surface area contributed by atoms with Crippen molar-refractivity contribution in [3.8, 4) is 6.07 Å². The third-order valence-corrected chi connectivity index (χ3v) is 4.28. The van der Waals surface area contributed by atoms with E-state index in [0.717, 1.165) is 18.9 Å². The highest BCUT2D eigenvalue weighted by molar-refractivity contribution is 7.90. The largest absolute Gasteiger partial charge is 0.228 e. The van der Waals surface area contributed by atoms with E-state index >= 15 is 0 Å². The van der Waals surface area contributed by atoms with Crippen LogP contribution in [0.3, 0.4) is 0 Å². The molecule has 18 heavy (non-hydrogen) atoms. The first-order valence-electron chi connectivity index (χ1n) is 5.87. The van der Waals surface area contributed by atoms with Crippen molar-refractivity contribution >= 4 is 9.84 Å². The third-order valence-electron chi connectivity index (χ3n) is 2.60. The zero-order chi connectivity index (χ0) is 13.6. The molecule has 0 spiro atoms. The molecule has 5 heteroatoms. The fourth-order valence-corrected chi connectivity index (χ4v) is 3.12. The number of rotatable bonds is 6. The van der Waals surface area contributed by atoms with Crippen molar-refractivity contribution in [1.29, 1.82) is 5.26 Å². The number of unbranched alkanes of at least 4 members (excludes halogenated alkanes) is 2. The van der Waals surface area contributed by atoms with E-state index in [0.29, 0.717) is 12.0 Å². The first-order valence-corrected chi connectivity index (χ1v) is 7.69. The highest BCUT2D eigenvalue weighted by Gasteiger charge is 2.13. The van der Waals surface area contributed by atoms with Gasteiger partial charge in [-0.2, -0.15) is 5.26 Å². The van der Waals surface area contributed by atoms with Gasteiger partial charge in [0.15, 0.2) is 9.84 Å². The van der Waals surface area contributed by atoms with Crippen LogP contribution in [0.4, 0.5) is 4.39 Å². The summed E-state index contributed by atoms with van der Waals surface area (Å²) in [4.78, 5) is 0. The Hall–Kier alpha value is -1.41. The second-order valence-corrected chi connectivity index (χ2v) is 6.41. The molecule has 0 N–H and O–H groups in total. The van der Waals surface area contributed by atoms with Crippen molar-refractivity contribution in [2.75, 3.05) is 5.75 Å². The van der Waals surface area contributed by atoms with Gasteiger partial charge in [0.1, 0.15) is 11.9 Å². The van der Waals surface area contributed by atoms with Crippen LogP contribution in [0, 0.1) is 17.1 Å². The van der Waals surface area contributed by atoms with Gasteiger partial charge in [-0.15, -0.1) is 0 Å². The Labute approximate surface area is 107 Å². The molecule has 0 amide bonds. The molecular weight excluding hydrogens is 253 g/mol. The van der Waals surface area contributed by atoms with Crippen molar-refractivity contribution < 1.29 is 12.8 Å². The number of sulfone groups is 1. The van der Waals surface area contributed by atoms with Crippen molar-refractivity contribution in [1.82, 2.24) is 0 Å². The van der Waals surface area contributed by atoms with E-state index in [-0.39, 0.29) is 17.1 Å². The average Bonchev–Trinajstić information content (AvgIpc) is 2.31. The SMILES string of the molecule is CCCCCS(=O)(=O)Cc1ccc(F)c(C#N)c1. The van der Waals surface area contributed by atoms with Crippen molar-refractivity contribution in [2.24, 2.45) is 0 Å². The van der Waals surface area contributed by atoms with Crippen molar-refractivity contribution in [2.45, 2.75) is 31.9 Å². The van der Waals surface area contributed by atoms with Gasteiger partial charge in [0, 0.05) is 0 Å². The summed E-state index contributed by atoms with van der Waals surface area (Å²) in [5.74, 6) is -0.615. The second kappa shape index (κ2) is 6.50. The molecule has 0 unspecified atom stereocenters. The van der Waals surface area contributed by atoms with Crippen molar-refractivity contribution in [3.63, 3.8) is 0 Å². The van der Waals surface area contributed by atoms with Gasteiger partial charge in [0.25, 0.3) is 0 Å². The summed E-state index contributed by atoms with van der Waals surface area (Å²) in [5.41, 5.74) is 0.348. The van der Waals surface area contributed by atoms with Crippen LogP contribution in [0.2, 0.25) is 0 Å². The molecule has 0 atom stereocenters. The summed E-state index contributed by atoms with van der Waals surface area (Å²) in [5, 5.41) is 8.68. The van der Waals surface area contributed by atoms with Gasteiger partial charge in [0.2, 0.25) is 0 Å². The quantitative estimate of drug-likeness (QED) is 0.746. The maximum absolute atomic E-state index is 13.1. The van der Waals surface area contributed by atoms with Crippen LogP contribution in [0.1, 0.15) is 37.3 Å². The summed E-state index contributed by atoms with van der Waals surface area (Å²) in [7, 11) is -3.18. The molecule has 1 aromatic carbocycles. The van der Waals surface area contributed by atoms with E-state index in [1.807, 2.05) is 6.92 Å². The van der Waals surface area contributed by atoms with Gasteiger partial charge in [-0.05, 0) is 24.1 Å². The molecule has 0 radical (unpaired) electrons. The van der Waals surface area contributed by atoms with Gasteiger partial charge in [-0.3, -0.25) is 0 Å². The Morgan fingerprint density at radius 1 is 1.33 bits per heavy atom. The summed E-state index contributed by atoms with van der Waals surface area (Å²) in [6.45, 7) is 2.01. The van der Waals surface area contributed by atoms with Gasteiger partial charge in [-0.1, -0.05) is 25.8 Å². The molecule has 0 aliphatic heterocycles. The molecule has 0 aliphatic rings. The van der Waals surface area contributed by atoms with Crippen LogP contribution in [0.5, 0.6) is 0 Å². The smallest absolute Gasteiger partial charge is 0.154 e. The van der Waals surface area contributed by atoms with Crippen LogP contribution in [0.15, 0.2) is 18.2 Å². The van der Waals surface area contributed by atoms with Gasteiger partial charge in [0.05, 0.1) is 17.1 Å². The minimum atomic E-state index is -3.18. The molecule has 1 rings (SSSR count). The molecule has 0 aliphatic carbocycles. The Bertz CT molecular complexity index is 547. The number of hydrogen-bond acceptors (Lipinski definition) is 3. The second-order valence-electron chi connectivity index (χ2n) is 4.23. The number of halogens is 1. The first-order chi connectivity index (χ1) is 8.48. The standard InChI is InChI=1S/C13H16FNO2S/c1-2-3-4-7-18(16,17)10-11-5-6-13(14)12(8-11)9-15/h5-6,8H,2-4,7,10H2,1H3. The van der Waals surface area contributed by atoms with E-state index < -0.39 is 15.7 Å². The molecular formula is C13H16FNO2S. The number of hydrogen-bond donors (Lipinski definition) is 0. The highest BCUT2D eigenvalue weighted by atomic mass is 32.2. The predicted octanol–water partition coefficient (Wildman–Crippen LogP) is 2.80. The molecule has 0 bridgehead atoms. The molecule has 0 fully saturated rings. The van der Waals surface area contributed by atoms with Crippen LogP contribution < -0.4 is 0 Å². The van der Waals surface area contributed by atoms with E-state index in [1.54, 1.807) is 6.07 Å². The summed E-state index contributed by atoms with van der Waals surface area (Å²) >= 11 is 0. The molecule has 3 nitrogen and oxygen atoms in total. The fourth-order valence-electron chi connectivity index (χ4n) is 1.65. The first kappa shape index (κ1) is 14.7. The molecule has 0 aromatic heterocycles. The maximum atomic E-state index is 13.1. The Morgan fingerprint density at radius 2 is 2.06 bits per heavy atom. The van der Waals surface area contributed by atoms with Gasteiger partial charge < -0.3 is 0 Å². The number of nitrogens with zero attached hydrogens (tertiary/aromatic N) is 1. The maximum Gasteiger partial charge on any atom is 0.154 e. The lowest BCUT2D eigenvalue weighted by atomic mass is 10.1. The normalized spacial score (nSPS) is 11.2. The lowest BCUT2D eigenvalue weighted by molar-refractivity contribution is 0.589. The van der Waals surface area contributed by atoms with Gasteiger partial charge in [-0.25, -0.2) is 12.8 Å². The van der Waals surface area contributed by atoms with Crippen LogP contribution in [-0.2, 0) is 15.6 Å². The minimum absolute atomic E-state index is 0.115. The molecule has 1 aromatic rings. The van der Waals surface area contributed by atoms with E-state index in [1.165, 1.54) is 12.1 Å². The third kappa shape index (κ3) is 4.46. The zero-order valence-corrected chi connectivity index (χ0v) is 11.1. The zero-order valence-electron chi connectivity index (χ0n) is 10.3. The number of nitriles is 1. The van der Waals surface area contributed by atoms with E-state index in [9.17, 15) is 12.8 Å². The summed E-state index contributed by atoms with van der Waals surface area (Å²) in [6.07, 6.45) is 2.49. The highest BCUT2D eigenvalue weighted by Crippen LogP contribution is 2.13. The summed E-state index contributed by atoms with van der Waals surface area (Å²) in [6, 6.07) is 5.55. The molecule has 0 saturated heterocycles. The average molecular weight is 269 g/mol. The number of benzene rings is 1. The van der Waals surface area contributed by atoms with Gasteiger partial charge >= 0.3 is 0 Å². The molecule has 0 heterocycles. The van der Waals surface area contributed by atoms with E-state index in [4.69, 9.17) is 5.26 Å². The Balaban J connectivity index is 2.76. The van der Waals surface area contributed by atoms with Crippen LogP contribution in [-0.4, -0.2) is 14.2 Å². The Kier molecular flexibility index (Phi) is 5.29. The lowest BCUT2D eigenvalue weighted by Gasteiger charge is -2.05. The molecule has 0 saturated carbocycles. The lowest BCUT2D eigenvalue weighted by Crippen LogP contribution is -2.09. The molecule has 98 valence electrons. The minimum Gasteiger partial charge on any atom is -0.228 e. The Morgan fingerprint density at radius 3 is 2.67 bits per heavy atom. The van der Waals surface area contributed by atoms with Crippen LogP contribution >= 0.6 is 0 Å². The van der Waals surface area contributed by atoms with Crippen molar-refractivity contribution in [3.05, 3.63) is 35.1 Å². The monoisotopic (exact) mass is 269 g/mol. The predicted molar refractivity (Wildman–Crippen MR) is 68.1 cm³/mol.